The van der Waals surface area contributed by atoms with Crippen LogP contribution in [0.3, 0.4) is 0 Å². The molecule has 2 aromatic carbocycles. The molecule has 0 heterocycles. The first-order valence-corrected chi connectivity index (χ1v) is 9.32. The zero-order valence-electron chi connectivity index (χ0n) is 16.5. The van der Waals surface area contributed by atoms with Crippen LogP contribution in [0.1, 0.15) is 65.0 Å². The third-order valence-electron chi connectivity index (χ3n) is 4.81. The number of hydrogen-bond donors (Lipinski definition) is 0. The van der Waals surface area contributed by atoms with Crippen LogP contribution in [0.25, 0.3) is 0 Å². The fourth-order valence-electron chi connectivity index (χ4n) is 2.83. The minimum atomic E-state index is -0.357. The van der Waals surface area contributed by atoms with E-state index in [9.17, 15) is 0 Å². The van der Waals surface area contributed by atoms with E-state index in [2.05, 4.69) is 76.2 Å². The molecule has 0 saturated carbocycles. The molecule has 0 N–H and O–H groups in total. The van der Waals surface area contributed by atoms with Crippen molar-refractivity contribution >= 4 is 0 Å². The second-order valence-electron chi connectivity index (χ2n) is 7.60. The Morgan fingerprint density at radius 1 is 0.880 bits per heavy atom. The van der Waals surface area contributed by atoms with Crippen molar-refractivity contribution in [2.75, 3.05) is 0 Å². The first-order chi connectivity index (χ1) is 11.8. The van der Waals surface area contributed by atoms with Crippen LogP contribution in [0.15, 0.2) is 54.6 Å². The molecule has 2 heteroatoms. The number of hydrogen-bond acceptors (Lipinski definition) is 2. The maximum absolute atomic E-state index is 6.29. The lowest BCUT2D eigenvalue weighted by Gasteiger charge is -2.35. The van der Waals surface area contributed by atoms with Crippen LogP contribution in [-0.2, 0) is 10.2 Å². The summed E-state index contributed by atoms with van der Waals surface area (Å²) in [5.41, 5.74) is 2.29. The molecule has 2 unspecified atom stereocenters. The highest BCUT2D eigenvalue weighted by Crippen LogP contribution is 2.32. The molecule has 2 nitrogen and oxygen atoms in total. The molecule has 136 valence electrons. The van der Waals surface area contributed by atoms with Gasteiger partial charge in [0, 0.05) is 0 Å². The summed E-state index contributed by atoms with van der Waals surface area (Å²) in [6.07, 6.45) is 0.872. The Hall–Kier alpha value is -1.80. The molecule has 0 radical (unpaired) electrons. The lowest BCUT2D eigenvalue weighted by molar-refractivity contribution is -0.144. The highest BCUT2D eigenvalue weighted by atomic mass is 16.7. The first-order valence-electron chi connectivity index (χ1n) is 9.32. The Kier molecular flexibility index (Phi) is 6.66. The smallest absolute Gasteiger partial charge is 0.209 e. The third kappa shape index (κ3) is 5.09. The van der Waals surface area contributed by atoms with Gasteiger partial charge in [-0.25, -0.2) is 0 Å². The van der Waals surface area contributed by atoms with E-state index in [4.69, 9.17) is 9.47 Å². The summed E-state index contributed by atoms with van der Waals surface area (Å²) in [7, 11) is 0. The topological polar surface area (TPSA) is 18.5 Å². The van der Waals surface area contributed by atoms with Gasteiger partial charge in [-0.3, -0.25) is 0 Å². The molecule has 0 aliphatic rings. The molecule has 0 bridgehead atoms. The van der Waals surface area contributed by atoms with Crippen LogP contribution in [-0.4, -0.2) is 12.4 Å². The van der Waals surface area contributed by atoms with E-state index in [1.807, 2.05) is 19.9 Å². The number of rotatable bonds is 8. The summed E-state index contributed by atoms with van der Waals surface area (Å²) in [6, 6.07) is 18.8. The molecule has 2 atom stereocenters. The summed E-state index contributed by atoms with van der Waals surface area (Å²) in [4.78, 5) is 0. The second kappa shape index (κ2) is 8.53. The summed E-state index contributed by atoms with van der Waals surface area (Å²) in [6.45, 7) is 12.9. The predicted molar refractivity (Wildman–Crippen MR) is 105 cm³/mol. The predicted octanol–water partition coefficient (Wildman–Crippen LogP) is 6.31. The van der Waals surface area contributed by atoms with E-state index >= 15 is 0 Å². The minimum absolute atomic E-state index is 0.0902. The van der Waals surface area contributed by atoms with Crippen LogP contribution < -0.4 is 4.74 Å². The highest BCUT2D eigenvalue weighted by Gasteiger charge is 2.35. The summed E-state index contributed by atoms with van der Waals surface area (Å²) >= 11 is 0. The zero-order valence-corrected chi connectivity index (χ0v) is 16.5. The average molecular weight is 341 g/mol. The van der Waals surface area contributed by atoms with E-state index in [1.54, 1.807) is 0 Å². The summed E-state index contributed by atoms with van der Waals surface area (Å²) in [5.74, 6) is 1.42. The lowest BCUT2D eigenvalue weighted by Crippen LogP contribution is -2.42. The molecular formula is C23H32O2. The Balaban J connectivity index is 2.23. The Morgan fingerprint density at radius 3 is 2.00 bits per heavy atom. The largest absolute Gasteiger partial charge is 0.464 e. The molecule has 0 amide bonds. The van der Waals surface area contributed by atoms with Crippen molar-refractivity contribution < 1.29 is 9.47 Å². The van der Waals surface area contributed by atoms with Gasteiger partial charge in [0.15, 0.2) is 0 Å². The van der Waals surface area contributed by atoms with Crippen molar-refractivity contribution in [3.8, 4) is 5.75 Å². The highest BCUT2D eigenvalue weighted by molar-refractivity contribution is 5.30. The van der Waals surface area contributed by atoms with Gasteiger partial charge in [0.25, 0.3) is 0 Å². The third-order valence-corrected chi connectivity index (χ3v) is 4.81. The van der Waals surface area contributed by atoms with Crippen LogP contribution in [0.5, 0.6) is 5.75 Å². The van der Waals surface area contributed by atoms with Gasteiger partial charge < -0.3 is 9.47 Å². The lowest BCUT2D eigenvalue weighted by atomic mass is 9.83. The minimum Gasteiger partial charge on any atom is -0.464 e. The standard InChI is InChI=1S/C23H32O2/c1-7-18(4)19-13-15-21(16-14-19)25-22(24-17(2)3)23(5,6)20-11-9-8-10-12-20/h8-18,22H,7H2,1-6H3. The molecule has 0 aromatic heterocycles. The summed E-state index contributed by atoms with van der Waals surface area (Å²) < 4.78 is 12.4. The van der Waals surface area contributed by atoms with Crippen LogP contribution in [0.4, 0.5) is 0 Å². The Labute approximate surface area is 153 Å². The van der Waals surface area contributed by atoms with Gasteiger partial charge in [0.2, 0.25) is 6.29 Å². The van der Waals surface area contributed by atoms with E-state index in [0.717, 1.165) is 12.2 Å². The maximum Gasteiger partial charge on any atom is 0.209 e. The van der Waals surface area contributed by atoms with Crippen LogP contribution in [0.2, 0.25) is 0 Å². The van der Waals surface area contributed by atoms with E-state index < -0.39 is 0 Å². The van der Waals surface area contributed by atoms with Gasteiger partial charge in [0.1, 0.15) is 5.75 Å². The fraction of sp³-hybridized carbons (Fsp3) is 0.478. The number of ether oxygens (including phenoxy) is 2. The average Bonchev–Trinajstić information content (AvgIpc) is 2.61. The molecular weight excluding hydrogens is 308 g/mol. The van der Waals surface area contributed by atoms with Crippen molar-refractivity contribution in [3.63, 3.8) is 0 Å². The van der Waals surface area contributed by atoms with Gasteiger partial charge in [0.05, 0.1) is 11.5 Å². The van der Waals surface area contributed by atoms with Gasteiger partial charge in [-0.1, -0.05) is 56.3 Å². The molecule has 0 aliphatic carbocycles. The second-order valence-corrected chi connectivity index (χ2v) is 7.60. The Bertz CT molecular complexity index is 629. The molecule has 2 aromatic rings. The quantitative estimate of drug-likeness (QED) is 0.524. The van der Waals surface area contributed by atoms with E-state index in [1.165, 1.54) is 11.1 Å². The zero-order chi connectivity index (χ0) is 18.4. The van der Waals surface area contributed by atoms with Gasteiger partial charge >= 0.3 is 0 Å². The van der Waals surface area contributed by atoms with Crippen molar-refractivity contribution in [1.82, 2.24) is 0 Å². The number of benzene rings is 2. The monoisotopic (exact) mass is 340 g/mol. The van der Waals surface area contributed by atoms with Gasteiger partial charge in [-0.2, -0.15) is 0 Å². The molecule has 0 saturated heterocycles. The fourth-order valence-corrected chi connectivity index (χ4v) is 2.83. The molecule has 0 spiro atoms. The van der Waals surface area contributed by atoms with Crippen LogP contribution >= 0.6 is 0 Å². The first kappa shape index (κ1) is 19.5. The Morgan fingerprint density at radius 2 is 1.48 bits per heavy atom. The normalized spacial score (nSPS) is 14.4. The molecule has 0 aliphatic heterocycles. The van der Waals surface area contributed by atoms with Gasteiger partial charge in [-0.05, 0) is 63.3 Å². The van der Waals surface area contributed by atoms with E-state index in [-0.39, 0.29) is 17.8 Å². The van der Waals surface area contributed by atoms with Crippen molar-refractivity contribution in [2.45, 2.75) is 71.7 Å². The molecule has 2 rings (SSSR count). The maximum atomic E-state index is 6.29. The molecule has 0 fully saturated rings. The van der Waals surface area contributed by atoms with Gasteiger partial charge in [-0.15, -0.1) is 0 Å². The van der Waals surface area contributed by atoms with Crippen molar-refractivity contribution in [2.24, 2.45) is 0 Å². The summed E-state index contributed by atoms with van der Waals surface area (Å²) in [5, 5.41) is 0. The van der Waals surface area contributed by atoms with Crippen molar-refractivity contribution in [1.29, 1.82) is 0 Å². The van der Waals surface area contributed by atoms with E-state index in [0.29, 0.717) is 5.92 Å². The van der Waals surface area contributed by atoms with Crippen molar-refractivity contribution in [3.05, 3.63) is 65.7 Å². The SMILES string of the molecule is CCC(C)c1ccc(OC(OC(C)C)C(C)(C)c2ccccc2)cc1. The van der Waals surface area contributed by atoms with Crippen LogP contribution in [0, 0.1) is 0 Å². The molecule has 25 heavy (non-hydrogen) atoms.